The zero-order valence-corrected chi connectivity index (χ0v) is 11.1. The van der Waals surface area contributed by atoms with Gasteiger partial charge >= 0.3 is 6.01 Å². The first kappa shape index (κ1) is 13.0. The monoisotopic (exact) mass is 264 g/mol. The highest BCUT2D eigenvalue weighted by Crippen LogP contribution is 2.09. The molecule has 9 nitrogen and oxygen atoms in total. The molecular formula is C10H16N8O. The SMILES string of the molecule is CNc1nc(NCCc2nncn2C)nc(OC)n1. The van der Waals surface area contributed by atoms with E-state index >= 15 is 0 Å². The summed E-state index contributed by atoms with van der Waals surface area (Å²) in [5, 5.41) is 13.8. The number of aromatic nitrogens is 6. The van der Waals surface area contributed by atoms with E-state index in [1.807, 2.05) is 11.6 Å². The minimum Gasteiger partial charge on any atom is -0.467 e. The Balaban J connectivity index is 1.97. The van der Waals surface area contributed by atoms with Crippen molar-refractivity contribution in [2.24, 2.45) is 7.05 Å². The lowest BCUT2D eigenvalue weighted by Gasteiger charge is -2.07. The second kappa shape index (κ2) is 5.94. The summed E-state index contributed by atoms with van der Waals surface area (Å²) >= 11 is 0. The van der Waals surface area contributed by atoms with Crippen LogP contribution in [0.3, 0.4) is 0 Å². The number of anilines is 2. The molecule has 0 spiro atoms. The first-order valence-electron chi connectivity index (χ1n) is 5.77. The van der Waals surface area contributed by atoms with Crippen molar-refractivity contribution in [3.8, 4) is 6.01 Å². The van der Waals surface area contributed by atoms with E-state index in [0.29, 0.717) is 18.4 Å². The molecule has 0 radical (unpaired) electrons. The molecule has 2 rings (SSSR count). The fourth-order valence-electron chi connectivity index (χ4n) is 1.46. The van der Waals surface area contributed by atoms with Gasteiger partial charge in [-0.25, -0.2) is 0 Å². The number of nitrogens with one attached hydrogen (secondary N) is 2. The van der Waals surface area contributed by atoms with Crippen LogP contribution in [0.15, 0.2) is 6.33 Å². The third kappa shape index (κ3) is 3.27. The number of methoxy groups -OCH3 is 1. The van der Waals surface area contributed by atoms with E-state index in [1.165, 1.54) is 7.11 Å². The van der Waals surface area contributed by atoms with E-state index in [9.17, 15) is 0 Å². The second-order valence-corrected chi connectivity index (χ2v) is 3.75. The van der Waals surface area contributed by atoms with E-state index < -0.39 is 0 Å². The maximum Gasteiger partial charge on any atom is 0.322 e. The smallest absolute Gasteiger partial charge is 0.322 e. The number of aryl methyl sites for hydroxylation is 1. The van der Waals surface area contributed by atoms with Gasteiger partial charge < -0.3 is 19.9 Å². The predicted octanol–water partition coefficient (Wildman–Crippen LogP) is -0.295. The first-order chi connectivity index (χ1) is 9.22. The third-order valence-corrected chi connectivity index (χ3v) is 2.46. The summed E-state index contributed by atoms with van der Waals surface area (Å²) in [5.74, 6) is 1.80. The van der Waals surface area contributed by atoms with Gasteiger partial charge in [-0.3, -0.25) is 0 Å². The molecule has 9 heteroatoms. The van der Waals surface area contributed by atoms with E-state index in [2.05, 4.69) is 35.8 Å². The Labute approximate surface area is 110 Å². The van der Waals surface area contributed by atoms with Crippen LogP contribution >= 0.6 is 0 Å². The highest BCUT2D eigenvalue weighted by molar-refractivity contribution is 5.35. The molecule has 19 heavy (non-hydrogen) atoms. The van der Waals surface area contributed by atoms with Gasteiger partial charge in [0, 0.05) is 27.1 Å². The Kier molecular flexibility index (Phi) is 4.06. The van der Waals surface area contributed by atoms with Crippen molar-refractivity contribution < 1.29 is 4.74 Å². The molecule has 2 N–H and O–H groups in total. The molecule has 0 bridgehead atoms. The summed E-state index contributed by atoms with van der Waals surface area (Å²) in [7, 11) is 5.15. The van der Waals surface area contributed by atoms with Gasteiger partial charge in [0.15, 0.2) is 0 Å². The molecule has 2 aromatic heterocycles. The van der Waals surface area contributed by atoms with Gasteiger partial charge in [-0.2, -0.15) is 15.0 Å². The van der Waals surface area contributed by atoms with Gasteiger partial charge in [0.25, 0.3) is 0 Å². The van der Waals surface area contributed by atoms with Crippen LogP contribution in [-0.4, -0.2) is 50.4 Å². The van der Waals surface area contributed by atoms with Crippen molar-refractivity contribution in [2.45, 2.75) is 6.42 Å². The minimum absolute atomic E-state index is 0.264. The fraction of sp³-hybridized carbons (Fsp3) is 0.500. The van der Waals surface area contributed by atoms with Crippen LogP contribution in [0.5, 0.6) is 6.01 Å². The van der Waals surface area contributed by atoms with Crippen molar-refractivity contribution >= 4 is 11.9 Å². The van der Waals surface area contributed by atoms with Crippen LogP contribution in [-0.2, 0) is 13.5 Å². The Morgan fingerprint density at radius 1 is 1.26 bits per heavy atom. The van der Waals surface area contributed by atoms with Crippen LogP contribution in [0, 0.1) is 0 Å². The molecule has 0 amide bonds. The molecule has 0 aliphatic carbocycles. The lowest BCUT2D eigenvalue weighted by Crippen LogP contribution is -2.12. The van der Waals surface area contributed by atoms with Gasteiger partial charge in [0.1, 0.15) is 12.2 Å². The molecule has 0 aromatic carbocycles. The Morgan fingerprint density at radius 3 is 2.68 bits per heavy atom. The lowest BCUT2D eigenvalue weighted by atomic mass is 10.4. The highest BCUT2D eigenvalue weighted by atomic mass is 16.5. The van der Waals surface area contributed by atoms with Crippen molar-refractivity contribution in [3.63, 3.8) is 0 Å². The number of nitrogens with zero attached hydrogens (tertiary/aromatic N) is 6. The molecule has 0 saturated heterocycles. The normalized spacial score (nSPS) is 10.3. The van der Waals surface area contributed by atoms with Crippen molar-refractivity contribution in [1.82, 2.24) is 29.7 Å². The summed E-state index contributed by atoms with van der Waals surface area (Å²) < 4.78 is 6.87. The largest absolute Gasteiger partial charge is 0.467 e. The average molecular weight is 264 g/mol. The summed E-state index contributed by atoms with van der Waals surface area (Å²) in [6.07, 6.45) is 2.39. The molecule has 0 aliphatic rings. The summed E-state index contributed by atoms with van der Waals surface area (Å²) in [5.41, 5.74) is 0. The van der Waals surface area contributed by atoms with Crippen LogP contribution in [0.4, 0.5) is 11.9 Å². The Hall–Kier alpha value is -2.45. The average Bonchev–Trinajstić information content (AvgIpc) is 2.84. The van der Waals surface area contributed by atoms with Gasteiger partial charge in [-0.1, -0.05) is 0 Å². The number of ether oxygens (including phenoxy) is 1. The van der Waals surface area contributed by atoms with Crippen molar-refractivity contribution in [3.05, 3.63) is 12.2 Å². The predicted molar refractivity (Wildman–Crippen MR) is 69.1 cm³/mol. The van der Waals surface area contributed by atoms with Crippen molar-refractivity contribution in [2.75, 3.05) is 31.3 Å². The highest BCUT2D eigenvalue weighted by Gasteiger charge is 2.06. The quantitative estimate of drug-likeness (QED) is 0.733. The summed E-state index contributed by atoms with van der Waals surface area (Å²) in [6, 6.07) is 0.264. The molecule has 0 saturated carbocycles. The number of hydrogen-bond acceptors (Lipinski definition) is 8. The van der Waals surface area contributed by atoms with Crippen LogP contribution in [0.2, 0.25) is 0 Å². The van der Waals surface area contributed by atoms with Crippen LogP contribution < -0.4 is 15.4 Å². The second-order valence-electron chi connectivity index (χ2n) is 3.75. The van der Waals surface area contributed by atoms with Crippen LogP contribution in [0.25, 0.3) is 0 Å². The minimum atomic E-state index is 0.264. The summed E-state index contributed by atoms with van der Waals surface area (Å²) in [4.78, 5) is 12.3. The molecule has 0 atom stereocenters. The molecular weight excluding hydrogens is 248 g/mol. The van der Waals surface area contributed by atoms with Crippen LogP contribution in [0.1, 0.15) is 5.82 Å². The van der Waals surface area contributed by atoms with E-state index in [1.54, 1.807) is 13.4 Å². The van der Waals surface area contributed by atoms with E-state index in [4.69, 9.17) is 4.74 Å². The zero-order valence-electron chi connectivity index (χ0n) is 11.1. The molecule has 102 valence electrons. The number of rotatable bonds is 6. The Bertz CT molecular complexity index is 518. The molecule has 0 aliphatic heterocycles. The maximum absolute atomic E-state index is 5.00. The standard InChI is InChI=1S/C10H16N8O/c1-11-8-14-9(16-10(15-8)19-3)12-5-4-7-17-13-6-18(7)2/h6H,4-5H2,1-3H3,(H2,11,12,14,15,16). The van der Waals surface area contributed by atoms with Gasteiger partial charge in [-0.05, 0) is 0 Å². The maximum atomic E-state index is 5.00. The fourth-order valence-corrected chi connectivity index (χ4v) is 1.46. The van der Waals surface area contributed by atoms with Crippen molar-refractivity contribution in [1.29, 1.82) is 0 Å². The number of hydrogen-bond donors (Lipinski definition) is 2. The topological polar surface area (TPSA) is 103 Å². The lowest BCUT2D eigenvalue weighted by molar-refractivity contribution is 0.379. The summed E-state index contributed by atoms with van der Waals surface area (Å²) in [6.45, 7) is 0.642. The van der Waals surface area contributed by atoms with E-state index in [0.717, 1.165) is 12.2 Å². The van der Waals surface area contributed by atoms with E-state index in [-0.39, 0.29) is 6.01 Å². The molecule has 2 aromatic rings. The molecule has 0 fully saturated rings. The first-order valence-corrected chi connectivity index (χ1v) is 5.77. The zero-order chi connectivity index (χ0) is 13.7. The molecule has 0 unspecified atom stereocenters. The Morgan fingerprint density at radius 2 is 2.05 bits per heavy atom. The van der Waals surface area contributed by atoms with Gasteiger partial charge in [-0.15, -0.1) is 10.2 Å². The van der Waals surface area contributed by atoms with Gasteiger partial charge in [0.05, 0.1) is 7.11 Å². The molecule has 2 heterocycles. The third-order valence-electron chi connectivity index (χ3n) is 2.46. The van der Waals surface area contributed by atoms with Gasteiger partial charge in [0.2, 0.25) is 11.9 Å².